The lowest BCUT2D eigenvalue weighted by atomic mass is 9.72. The van der Waals surface area contributed by atoms with Crippen molar-refractivity contribution in [2.75, 3.05) is 13.1 Å². The Kier molecular flexibility index (Phi) is 4.61. The largest absolute Gasteiger partial charge is 0.444 e. The maximum absolute atomic E-state index is 12.1. The van der Waals surface area contributed by atoms with Gasteiger partial charge in [0.15, 0.2) is 0 Å². The number of piperidine rings is 1. The van der Waals surface area contributed by atoms with Gasteiger partial charge in [0, 0.05) is 13.1 Å². The van der Waals surface area contributed by atoms with Crippen LogP contribution in [0.25, 0.3) is 0 Å². The minimum absolute atomic E-state index is 0.349. The summed E-state index contributed by atoms with van der Waals surface area (Å²) >= 11 is 0. The quantitative estimate of drug-likeness (QED) is 0.797. The molecule has 23 heavy (non-hydrogen) atoms. The zero-order valence-electron chi connectivity index (χ0n) is 13.8. The number of ether oxygens (including phenoxy) is 1. The van der Waals surface area contributed by atoms with E-state index < -0.39 is 11.0 Å². The summed E-state index contributed by atoms with van der Waals surface area (Å²) in [4.78, 5) is 13.8. The Morgan fingerprint density at radius 2 is 1.83 bits per heavy atom. The van der Waals surface area contributed by atoms with E-state index in [0.29, 0.717) is 31.5 Å². The second-order valence-corrected chi connectivity index (χ2v) is 6.82. The second kappa shape index (κ2) is 6.30. The summed E-state index contributed by atoms with van der Waals surface area (Å²) in [5, 5.41) is 19.0. The molecule has 2 rings (SSSR count). The molecular weight excluding hydrogens is 290 g/mol. The van der Waals surface area contributed by atoms with Gasteiger partial charge in [0.2, 0.25) is 0 Å². The third-order valence-electron chi connectivity index (χ3n) is 4.05. The molecule has 0 atom stereocenters. The number of hydrogen-bond donors (Lipinski definition) is 0. The minimum atomic E-state index is -0.717. The fourth-order valence-electron chi connectivity index (χ4n) is 2.84. The Bertz CT molecular complexity index is 669. The van der Waals surface area contributed by atoms with Crippen LogP contribution in [0.2, 0.25) is 0 Å². The molecule has 1 fully saturated rings. The molecular formula is C18H21N3O2. The first-order valence-corrected chi connectivity index (χ1v) is 7.70. The van der Waals surface area contributed by atoms with E-state index in [1.165, 1.54) is 0 Å². The molecule has 0 N–H and O–H groups in total. The normalized spacial score (nSPS) is 17.0. The van der Waals surface area contributed by atoms with E-state index in [1.807, 2.05) is 32.9 Å². The molecule has 1 aliphatic rings. The summed E-state index contributed by atoms with van der Waals surface area (Å²) in [6, 6.07) is 11.8. The van der Waals surface area contributed by atoms with Crippen LogP contribution in [0.3, 0.4) is 0 Å². The third-order valence-corrected chi connectivity index (χ3v) is 4.05. The van der Waals surface area contributed by atoms with Gasteiger partial charge in [-0.2, -0.15) is 10.5 Å². The SMILES string of the molecule is CC(C)(C)OC(=O)N1CCC(C#N)(c2ccccc2C#N)CC1. The second-order valence-electron chi connectivity index (χ2n) is 6.82. The van der Waals surface area contributed by atoms with Gasteiger partial charge < -0.3 is 9.64 Å². The van der Waals surface area contributed by atoms with Gasteiger partial charge in [0.1, 0.15) is 5.60 Å². The predicted molar refractivity (Wildman–Crippen MR) is 85.5 cm³/mol. The molecule has 0 aromatic heterocycles. The van der Waals surface area contributed by atoms with Crippen molar-refractivity contribution in [1.29, 1.82) is 10.5 Å². The molecule has 5 nitrogen and oxygen atoms in total. The lowest BCUT2D eigenvalue weighted by molar-refractivity contribution is 0.0185. The molecule has 1 saturated heterocycles. The van der Waals surface area contributed by atoms with Gasteiger partial charge in [-0.25, -0.2) is 4.79 Å². The van der Waals surface area contributed by atoms with Crippen molar-refractivity contribution in [3.05, 3.63) is 35.4 Å². The molecule has 5 heteroatoms. The van der Waals surface area contributed by atoms with Crippen molar-refractivity contribution in [3.63, 3.8) is 0 Å². The number of likely N-dealkylation sites (tertiary alicyclic amines) is 1. The van der Waals surface area contributed by atoms with Crippen molar-refractivity contribution in [2.45, 2.75) is 44.6 Å². The van der Waals surface area contributed by atoms with Gasteiger partial charge >= 0.3 is 6.09 Å². The van der Waals surface area contributed by atoms with Crippen molar-refractivity contribution >= 4 is 6.09 Å². The van der Waals surface area contributed by atoms with Gasteiger partial charge in [-0.05, 0) is 45.2 Å². The Hall–Kier alpha value is -2.53. The van der Waals surface area contributed by atoms with E-state index in [9.17, 15) is 15.3 Å². The number of rotatable bonds is 1. The summed E-state index contributed by atoms with van der Waals surface area (Å²) < 4.78 is 5.38. The van der Waals surface area contributed by atoms with Gasteiger partial charge in [-0.15, -0.1) is 0 Å². The summed E-state index contributed by atoms with van der Waals surface area (Å²) in [5.41, 5.74) is 0.0348. The minimum Gasteiger partial charge on any atom is -0.444 e. The summed E-state index contributed by atoms with van der Waals surface area (Å²) in [6.07, 6.45) is 0.653. The van der Waals surface area contributed by atoms with Crippen LogP contribution in [0.5, 0.6) is 0 Å². The predicted octanol–water partition coefficient (Wildman–Crippen LogP) is 3.35. The number of benzene rings is 1. The first-order chi connectivity index (χ1) is 10.8. The Morgan fingerprint density at radius 1 is 1.22 bits per heavy atom. The molecule has 1 aromatic rings. The summed E-state index contributed by atoms with van der Waals surface area (Å²) in [7, 11) is 0. The van der Waals surface area contributed by atoms with Crippen LogP contribution < -0.4 is 0 Å². The molecule has 0 saturated carbocycles. The van der Waals surface area contributed by atoms with Crippen molar-refractivity contribution in [1.82, 2.24) is 4.90 Å². The molecule has 120 valence electrons. The lowest BCUT2D eigenvalue weighted by Crippen LogP contribution is -2.46. The first-order valence-electron chi connectivity index (χ1n) is 7.70. The van der Waals surface area contributed by atoms with Crippen molar-refractivity contribution in [2.24, 2.45) is 0 Å². The number of hydrogen-bond acceptors (Lipinski definition) is 4. The maximum atomic E-state index is 12.1. The Balaban J connectivity index is 2.17. The highest BCUT2D eigenvalue weighted by molar-refractivity contribution is 5.68. The van der Waals surface area contributed by atoms with Crippen LogP contribution in [-0.4, -0.2) is 29.7 Å². The van der Waals surface area contributed by atoms with E-state index in [1.54, 1.807) is 17.0 Å². The van der Waals surface area contributed by atoms with Crippen LogP contribution in [0.1, 0.15) is 44.7 Å². The molecule has 1 amide bonds. The van der Waals surface area contributed by atoms with Crippen molar-refractivity contribution in [3.8, 4) is 12.1 Å². The molecule has 0 unspecified atom stereocenters. The van der Waals surface area contributed by atoms with Crippen LogP contribution in [0, 0.1) is 22.7 Å². The lowest BCUT2D eigenvalue weighted by Gasteiger charge is -2.38. The number of nitriles is 2. The Labute approximate surface area is 137 Å². The zero-order chi connectivity index (χ0) is 17.1. The standard InChI is InChI=1S/C18H21N3O2/c1-17(2,3)23-16(22)21-10-8-18(13-20,9-11-21)15-7-5-4-6-14(15)12-19/h4-7H,8-11H2,1-3H3. The number of nitrogens with zero attached hydrogens (tertiary/aromatic N) is 3. The van der Waals surface area contributed by atoms with Gasteiger partial charge in [0.25, 0.3) is 0 Å². The number of carbonyl (C=O) groups is 1. The monoisotopic (exact) mass is 311 g/mol. The highest BCUT2D eigenvalue weighted by Crippen LogP contribution is 2.37. The molecule has 1 aromatic carbocycles. The molecule has 0 spiro atoms. The number of carbonyl (C=O) groups excluding carboxylic acids is 1. The van der Waals surface area contributed by atoms with E-state index in [-0.39, 0.29) is 6.09 Å². The fraction of sp³-hybridized carbons (Fsp3) is 0.500. The zero-order valence-corrected chi connectivity index (χ0v) is 13.8. The number of amides is 1. The average Bonchev–Trinajstić information content (AvgIpc) is 2.53. The van der Waals surface area contributed by atoms with E-state index in [2.05, 4.69) is 12.1 Å². The van der Waals surface area contributed by atoms with Gasteiger partial charge in [0.05, 0.1) is 23.1 Å². The van der Waals surface area contributed by atoms with Crippen LogP contribution in [-0.2, 0) is 10.2 Å². The molecule has 1 aliphatic heterocycles. The van der Waals surface area contributed by atoms with Gasteiger partial charge in [-0.3, -0.25) is 0 Å². The van der Waals surface area contributed by atoms with E-state index in [0.717, 1.165) is 5.56 Å². The summed E-state index contributed by atoms with van der Waals surface area (Å²) in [6.45, 7) is 6.39. The topological polar surface area (TPSA) is 77.1 Å². The highest BCUT2D eigenvalue weighted by Gasteiger charge is 2.40. The van der Waals surface area contributed by atoms with E-state index in [4.69, 9.17) is 4.74 Å². The molecule has 0 aliphatic carbocycles. The average molecular weight is 311 g/mol. The summed E-state index contributed by atoms with van der Waals surface area (Å²) in [5.74, 6) is 0. The highest BCUT2D eigenvalue weighted by atomic mass is 16.6. The van der Waals surface area contributed by atoms with E-state index >= 15 is 0 Å². The molecule has 0 bridgehead atoms. The van der Waals surface area contributed by atoms with Crippen LogP contribution in [0.15, 0.2) is 24.3 Å². The molecule has 1 heterocycles. The van der Waals surface area contributed by atoms with Crippen LogP contribution in [0.4, 0.5) is 4.79 Å². The van der Waals surface area contributed by atoms with Gasteiger partial charge in [-0.1, -0.05) is 18.2 Å². The third kappa shape index (κ3) is 3.63. The molecule has 0 radical (unpaired) electrons. The smallest absolute Gasteiger partial charge is 0.410 e. The maximum Gasteiger partial charge on any atom is 0.410 e. The first kappa shape index (κ1) is 16.8. The fourth-order valence-corrected chi connectivity index (χ4v) is 2.84. The van der Waals surface area contributed by atoms with Crippen LogP contribution >= 0.6 is 0 Å². The van der Waals surface area contributed by atoms with Crippen molar-refractivity contribution < 1.29 is 9.53 Å². The Morgan fingerprint density at radius 3 is 2.35 bits per heavy atom.